The van der Waals surface area contributed by atoms with Crippen molar-refractivity contribution in [1.82, 2.24) is 4.98 Å². The maximum Gasteiger partial charge on any atom is 1.00 e. The van der Waals surface area contributed by atoms with E-state index in [0.717, 1.165) is 24.3 Å². The van der Waals surface area contributed by atoms with Crippen molar-refractivity contribution in [3.8, 4) is 5.75 Å². The topological polar surface area (TPSA) is 177 Å². The van der Waals surface area contributed by atoms with Gasteiger partial charge in [-0.05, 0) is 36.4 Å². The van der Waals surface area contributed by atoms with Crippen molar-refractivity contribution in [2.45, 2.75) is 9.79 Å². The molecule has 1 aliphatic rings. The van der Waals surface area contributed by atoms with Crippen LogP contribution >= 0.6 is 0 Å². The second-order valence-corrected chi connectivity index (χ2v) is 8.75. The third-order valence-electron chi connectivity index (χ3n) is 4.23. The van der Waals surface area contributed by atoms with Gasteiger partial charge in [0.05, 0.1) is 21.0 Å². The van der Waals surface area contributed by atoms with E-state index in [1.54, 1.807) is 0 Å². The molecule has 4 rings (SSSR count). The molecule has 3 aromatic rings. The van der Waals surface area contributed by atoms with Gasteiger partial charge in [0.2, 0.25) is 5.78 Å². The Kier molecular flexibility index (Phi) is 8.14. The quantitative estimate of drug-likeness (QED) is 0.238. The molecule has 0 fully saturated rings. The number of aromatic nitrogens is 1. The Morgan fingerprint density at radius 1 is 0.967 bits per heavy atom. The number of carbonyl (C=O) groups is 1. The van der Waals surface area contributed by atoms with E-state index < -0.39 is 41.6 Å². The number of aliphatic imine (C=N–C) groups is 1. The van der Waals surface area contributed by atoms with Gasteiger partial charge in [0.15, 0.2) is 5.75 Å². The SMILES string of the molecule is O=C1C(c2[nH]c3ccc(S(=O)(=O)O)cc3c2O)=Nc2ccc(S(=O)(=O)[O-])cc21.[K+].[K+]. The van der Waals surface area contributed by atoms with Crippen LogP contribution in [-0.2, 0) is 20.2 Å². The molecule has 1 aromatic heterocycles. The molecule has 0 aliphatic carbocycles. The molecule has 10 nitrogen and oxygen atoms in total. The van der Waals surface area contributed by atoms with E-state index in [4.69, 9.17) is 4.55 Å². The number of ketones is 1. The predicted molar refractivity (Wildman–Crippen MR) is 94.7 cm³/mol. The van der Waals surface area contributed by atoms with E-state index in [1.165, 1.54) is 12.1 Å². The van der Waals surface area contributed by atoms with Gasteiger partial charge >= 0.3 is 103 Å². The number of hydrogen-bond donors (Lipinski definition) is 3. The number of aromatic hydroxyl groups is 1. The third-order valence-corrected chi connectivity index (χ3v) is 5.91. The average molecular weight is 500 g/mol. The first kappa shape index (κ1) is 26.5. The van der Waals surface area contributed by atoms with Gasteiger partial charge in [-0.25, -0.2) is 13.4 Å². The molecule has 30 heavy (non-hydrogen) atoms. The molecule has 1 aliphatic heterocycles. The van der Waals surface area contributed by atoms with Crippen LogP contribution in [0.5, 0.6) is 5.75 Å². The van der Waals surface area contributed by atoms with Crippen molar-refractivity contribution in [1.29, 1.82) is 0 Å². The summed E-state index contributed by atoms with van der Waals surface area (Å²) in [5, 5.41) is 10.5. The summed E-state index contributed by atoms with van der Waals surface area (Å²) < 4.78 is 65.2. The number of aromatic amines is 1. The molecule has 144 valence electrons. The van der Waals surface area contributed by atoms with E-state index in [-0.39, 0.29) is 136 Å². The number of benzene rings is 2. The second kappa shape index (κ2) is 9.22. The number of nitrogens with one attached hydrogen (secondary N) is 1. The van der Waals surface area contributed by atoms with Gasteiger partial charge < -0.3 is 14.6 Å². The molecule has 0 saturated carbocycles. The molecule has 0 saturated heterocycles. The minimum atomic E-state index is -4.77. The third kappa shape index (κ3) is 4.77. The van der Waals surface area contributed by atoms with Crippen molar-refractivity contribution in [2.24, 2.45) is 4.99 Å². The standard InChI is InChI=1S/C16H10N2O8S2.2K/c19-15-9-5-7(27(21,22)23)1-3-11(9)17-13(15)14-16(20)10-6-8(28(24,25)26)2-4-12(10)18-14;;/h1-6,17,19H,(H,21,22,23)(H,24,25,26);;/q;2*+1/p-1. The van der Waals surface area contributed by atoms with Crippen LogP contribution in [0.15, 0.2) is 51.2 Å². The summed E-state index contributed by atoms with van der Waals surface area (Å²) in [7, 11) is -9.27. The fraction of sp³-hybridized carbons (Fsp3) is 0. The van der Waals surface area contributed by atoms with Crippen LogP contribution < -0.4 is 103 Å². The molecule has 0 amide bonds. The van der Waals surface area contributed by atoms with E-state index >= 15 is 0 Å². The molecule has 14 heteroatoms. The minimum Gasteiger partial charge on any atom is -0.744 e. The van der Waals surface area contributed by atoms with Gasteiger partial charge in [-0.2, -0.15) is 8.42 Å². The van der Waals surface area contributed by atoms with Gasteiger partial charge in [-0.1, -0.05) is 0 Å². The molecule has 0 bridgehead atoms. The minimum absolute atomic E-state index is 0. The van der Waals surface area contributed by atoms with Gasteiger partial charge in [-0.3, -0.25) is 9.35 Å². The Balaban J connectivity index is 0.00000160. The molecule has 0 unspecified atom stereocenters. The second-order valence-electron chi connectivity index (χ2n) is 5.95. The Labute approximate surface area is 255 Å². The van der Waals surface area contributed by atoms with Crippen LogP contribution in [0.1, 0.15) is 16.1 Å². The Morgan fingerprint density at radius 2 is 1.60 bits per heavy atom. The molecule has 0 radical (unpaired) electrons. The zero-order valence-corrected chi connectivity index (χ0v) is 23.5. The largest absolute Gasteiger partial charge is 1.00 e. The Hall–Kier alpha value is 0.213. The van der Waals surface area contributed by atoms with Crippen LogP contribution in [0.2, 0.25) is 0 Å². The van der Waals surface area contributed by atoms with Gasteiger partial charge in [0.1, 0.15) is 21.5 Å². The summed E-state index contributed by atoms with van der Waals surface area (Å²) in [4.78, 5) is 18.4. The van der Waals surface area contributed by atoms with E-state index in [0.29, 0.717) is 0 Å². The van der Waals surface area contributed by atoms with Crippen LogP contribution in [0, 0.1) is 0 Å². The number of rotatable bonds is 3. The number of hydrogen-bond acceptors (Lipinski definition) is 8. The molecule has 3 N–H and O–H groups in total. The number of fused-ring (bicyclic) bond motifs is 2. The Morgan fingerprint density at radius 3 is 2.20 bits per heavy atom. The normalized spacial score (nSPS) is 13.4. The van der Waals surface area contributed by atoms with Crippen LogP contribution in [0.4, 0.5) is 5.69 Å². The summed E-state index contributed by atoms with van der Waals surface area (Å²) in [6.07, 6.45) is 0. The first-order chi connectivity index (χ1) is 13.0. The van der Waals surface area contributed by atoms with E-state index in [2.05, 4.69) is 9.98 Å². The van der Waals surface area contributed by atoms with Crippen LogP contribution in [0.25, 0.3) is 10.9 Å². The Bertz CT molecular complexity index is 1440. The van der Waals surface area contributed by atoms with Crippen molar-refractivity contribution in [3.05, 3.63) is 47.7 Å². The fourth-order valence-electron chi connectivity index (χ4n) is 2.91. The number of Topliss-reactive ketones (excluding diaryl/α,β-unsaturated/α-hetero) is 1. The number of carbonyl (C=O) groups excluding carboxylic acids is 1. The van der Waals surface area contributed by atoms with E-state index in [1.807, 2.05) is 0 Å². The predicted octanol–water partition coefficient (Wildman–Crippen LogP) is -4.65. The molecular weight excluding hydrogens is 491 g/mol. The first-order valence-corrected chi connectivity index (χ1v) is 10.4. The summed E-state index contributed by atoms with van der Waals surface area (Å²) >= 11 is 0. The average Bonchev–Trinajstić information content (AvgIpc) is 3.10. The zero-order chi connectivity index (χ0) is 20.4. The van der Waals surface area contributed by atoms with Crippen LogP contribution in [-0.4, -0.2) is 47.5 Å². The monoisotopic (exact) mass is 499 g/mol. The molecule has 2 aromatic carbocycles. The summed E-state index contributed by atoms with van der Waals surface area (Å²) in [6.45, 7) is 0. The van der Waals surface area contributed by atoms with Crippen molar-refractivity contribution >= 4 is 48.3 Å². The first-order valence-electron chi connectivity index (χ1n) is 7.53. The van der Waals surface area contributed by atoms with Crippen LogP contribution in [0.3, 0.4) is 0 Å². The van der Waals surface area contributed by atoms with Gasteiger partial charge in [-0.15, -0.1) is 0 Å². The zero-order valence-electron chi connectivity index (χ0n) is 15.6. The fourth-order valence-corrected chi connectivity index (χ4v) is 3.91. The van der Waals surface area contributed by atoms with Gasteiger partial charge in [0.25, 0.3) is 10.1 Å². The summed E-state index contributed by atoms with van der Waals surface area (Å²) in [5.74, 6) is -1.20. The van der Waals surface area contributed by atoms with Gasteiger partial charge in [0, 0.05) is 10.9 Å². The van der Waals surface area contributed by atoms with Crippen molar-refractivity contribution < 1.29 is 139 Å². The summed E-state index contributed by atoms with van der Waals surface area (Å²) in [5.41, 5.74) is -0.0883. The van der Waals surface area contributed by atoms with E-state index in [9.17, 15) is 31.3 Å². The molecule has 0 atom stereocenters. The summed E-state index contributed by atoms with van der Waals surface area (Å²) in [6, 6.07) is 6.54. The molecule has 2 heterocycles. The molecule has 0 spiro atoms. The maximum absolute atomic E-state index is 12.6. The smallest absolute Gasteiger partial charge is 0.744 e. The number of H-pyrrole nitrogens is 1. The van der Waals surface area contributed by atoms with Crippen molar-refractivity contribution in [3.63, 3.8) is 0 Å². The number of nitrogens with zero attached hydrogens (tertiary/aromatic N) is 1. The molecular formula is C16H9K2N2O8S2+. The maximum atomic E-state index is 12.6. The van der Waals surface area contributed by atoms with Crippen molar-refractivity contribution in [2.75, 3.05) is 0 Å².